The van der Waals surface area contributed by atoms with Crippen molar-refractivity contribution < 1.29 is 4.42 Å². The van der Waals surface area contributed by atoms with Crippen molar-refractivity contribution in [1.29, 1.82) is 0 Å². The average Bonchev–Trinajstić information content (AvgIpc) is 3.79. The average molecular weight is 656 g/mol. The van der Waals surface area contributed by atoms with Gasteiger partial charge in [0.25, 0.3) is 0 Å². The molecule has 0 N–H and O–H groups in total. The fourth-order valence-corrected chi connectivity index (χ4v) is 9.04. The van der Waals surface area contributed by atoms with Gasteiger partial charge in [-0.2, -0.15) is 0 Å². The molecule has 0 radical (unpaired) electrons. The lowest BCUT2D eigenvalue weighted by Gasteiger charge is -2.33. The standard InChI is InChI=1S/C47H33N3O/c1-47(2)38-27-41-37(26-36(38)33-24-25-34-32-15-8-11-19-42(32)51-45(34)43(33)47)31-14-7-10-18-40(31)50(41)30-22-20-29(21-23-30)46-48-39-17-9-6-16-35(39)44(49-46)28-12-4-3-5-13-28/h3-27,37,41H,1-2H3. The predicted molar refractivity (Wildman–Crippen MR) is 208 cm³/mol. The van der Waals surface area contributed by atoms with Crippen molar-refractivity contribution in [2.24, 2.45) is 0 Å². The summed E-state index contributed by atoms with van der Waals surface area (Å²) in [5.74, 6) is 0.957. The molecule has 4 nitrogen and oxygen atoms in total. The van der Waals surface area contributed by atoms with Crippen LogP contribution >= 0.6 is 0 Å². The Kier molecular flexibility index (Phi) is 5.81. The number of allylic oxidation sites excluding steroid dienone is 2. The minimum Gasteiger partial charge on any atom is -0.456 e. The molecule has 8 aromatic rings. The lowest BCUT2D eigenvalue weighted by molar-refractivity contribution is 0.611. The lowest BCUT2D eigenvalue weighted by atomic mass is 9.77. The largest absolute Gasteiger partial charge is 0.456 e. The SMILES string of the molecule is CC1(C)C2=CC3C(C=C2c2ccc4c(oc5ccccc54)c21)c1ccccc1N3c1ccc(-c2nc(-c3ccccc3)c3ccccc3n2)cc1. The van der Waals surface area contributed by atoms with Crippen molar-refractivity contribution in [2.75, 3.05) is 4.90 Å². The second-order valence-electron chi connectivity index (χ2n) is 14.5. The molecule has 51 heavy (non-hydrogen) atoms. The van der Waals surface area contributed by atoms with Crippen LogP contribution in [0.1, 0.15) is 36.5 Å². The van der Waals surface area contributed by atoms with Crippen molar-refractivity contribution >= 4 is 49.8 Å². The summed E-state index contributed by atoms with van der Waals surface area (Å²) >= 11 is 0. The van der Waals surface area contributed by atoms with Crippen LogP contribution in [0.25, 0.3) is 61.1 Å². The monoisotopic (exact) mass is 655 g/mol. The maximum Gasteiger partial charge on any atom is 0.160 e. The molecule has 2 aliphatic carbocycles. The smallest absolute Gasteiger partial charge is 0.160 e. The van der Waals surface area contributed by atoms with Gasteiger partial charge < -0.3 is 9.32 Å². The van der Waals surface area contributed by atoms with Gasteiger partial charge in [-0.05, 0) is 70.8 Å². The Morgan fingerprint density at radius 3 is 2.24 bits per heavy atom. The Balaban J connectivity index is 1.02. The molecule has 2 unspecified atom stereocenters. The first-order valence-corrected chi connectivity index (χ1v) is 17.7. The highest BCUT2D eigenvalue weighted by Crippen LogP contribution is 2.59. The summed E-state index contributed by atoms with van der Waals surface area (Å²) in [6.07, 6.45) is 5.07. The molecule has 6 aromatic carbocycles. The summed E-state index contributed by atoms with van der Waals surface area (Å²) in [4.78, 5) is 12.7. The van der Waals surface area contributed by atoms with Crippen LogP contribution in [0.3, 0.4) is 0 Å². The summed E-state index contributed by atoms with van der Waals surface area (Å²) in [7, 11) is 0. The van der Waals surface area contributed by atoms with Crippen LogP contribution in [-0.4, -0.2) is 16.0 Å². The first kappa shape index (κ1) is 28.6. The number of furan rings is 1. The van der Waals surface area contributed by atoms with Gasteiger partial charge in [0.15, 0.2) is 5.82 Å². The first-order valence-electron chi connectivity index (χ1n) is 17.7. The number of rotatable bonds is 3. The van der Waals surface area contributed by atoms with Gasteiger partial charge in [-0.1, -0.05) is 117 Å². The van der Waals surface area contributed by atoms with Crippen LogP contribution in [0.4, 0.5) is 11.4 Å². The zero-order chi connectivity index (χ0) is 33.8. The Bertz CT molecular complexity index is 2790. The van der Waals surface area contributed by atoms with E-state index in [1.54, 1.807) is 0 Å². The second-order valence-corrected chi connectivity index (χ2v) is 14.5. The molecule has 242 valence electrons. The van der Waals surface area contributed by atoms with Gasteiger partial charge in [0, 0.05) is 55.6 Å². The number of benzene rings is 6. The third-order valence-electron chi connectivity index (χ3n) is 11.4. The molecule has 2 atom stereocenters. The minimum absolute atomic E-state index is 0.147. The van der Waals surface area contributed by atoms with Crippen LogP contribution < -0.4 is 4.90 Å². The molecule has 0 spiro atoms. The van der Waals surface area contributed by atoms with Crippen molar-refractivity contribution in [2.45, 2.75) is 31.2 Å². The Morgan fingerprint density at radius 1 is 0.627 bits per heavy atom. The summed E-state index contributed by atoms with van der Waals surface area (Å²) in [5.41, 5.74) is 14.8. The molecule has 0 amide bonds. The Hall–Kier alpha value is -6.26. The number of nitrogens with zero attached hydrogens (tertiary/aromatic N) is 3. The maximum absolute atomic E-state index is 6.61. The predicted octanol–water partition coefficient (Wildman–Crippen LogP) is 11.8. The quantitative estimate of drug-likeness (QED) is 0.190. The van der Waals surface area contributed by atoms with Crippen LogP contribution in [0.15, 0.2) is 162 Å². The van der Waals surface area contributed by atoms with Gasteiger partial charge in [0.2, 0.25) is 0 Å². The molecule has 4 heteroatoms. The highest BCUT2D eigenvalue weighted by molar-refractivity contribution is 6.10. The van der Waals surface area contributed by atoms with Gasteiger partial charge in [-0.15, -0.1) is 0 Å². The van der Waals surface area contributed by atoms with E-state index in [0.717, 1.165) is 50.4 Å². The van der Waals surface area contributed by atoms with Gasteiger partial charge >= 0.3 is 0 Å². The summed E-state index contributed by atoms with van der Waals surface area (Å²) in [5, 5.41) is 3.42. The molecule has 2 aromatic heterocycles. The fraction of sp³-hybridized carbons (Fsp3) is 0.106. The summed E-state index contributed by atoms with van der Waals surface area (Å²) in [6.45, 7) is 4.72. The Morgan fingerprint density at radius 2 is 1.37 bits per heavy atom. The van der Waals surface area contributed by atoms with Gasteiger partial charge in [0.05, 0.1) is 17.3 Å². The van der Waals surface area contributed by atoms with E-state index in [2.05, 4.69) is 158 Å². The van der Waals surface area contributed by atoms with Gasteiger partial charge in [0.1, 0.15) is 11.2 Å². The van der Waals surface area contributed by atoms with Crippen LogP contribution in [0.5, 0.6) is 0 Å². The lowest BCUT2D eigenvalue weighted by Crippen LogP contribution is -2.31. The van der Waals surface area contributed by atoms with E-state index in [-0.39, 0.29) is 17.4 Å². The van der Waals surface area contributed by atoms with Gasteiger partial charge in [-0.25, -0.2) is 9.97 Å². The zero-order valence-corrected chi connectivity index (χ0v) is 28.3. The highest BCUT2D eigenvalue weighted by Gasteiger charge is 2.47. The first-order chi connectivity index (χ1) is 25.0. The molecule has 1 aliphatic heterocycles. The molecular formula is C47H33N3O. The normalized spacial score (nSPS) is 18.4. The fourth-order valence-electron chi connectivity index (χ4n) is 9.04. The van der Waals surface area contributed by atoms with Gasteiger partial charge in [-0.3, -0.25) is 0 Å². The number of anilines is 2. The van der Waals surface area contributed by atoms with Crippen LogP contribution in [0.2, 0.25) is 0 Å². The van der Waals surface area contributed by atoms with E-state index in [0.29, 0.717) is 0 Å². The van der Waals surface area contributed by atoms with Crippen molar-refractivity contribution in [3.63, 3.8) is 0 Å². The molecular weight excluding hydrogens is 623 g/mol. The third-order valence-corrected chi connectivity index (χ3v) is 11.4. The minimum atomic E-state index is -0.215. The molecule has 0 fully saturated rings. The molecule has 0 bridgehead atoms. The van der Waals surface area contributed by atoms with Crippen LogP contribution in [0, 0.1) is 0 Å². The third kappa shape index (κ3) is 4.02. The molecule has 0 saturated heterocycles. The number of hydrogen-bond acceptors (Lipinski definition) is 4. The number of aromatic nitrogens is 2. The number of para-hydroxylation sites is 3. The number of fused-ring (bicyclic) bond motifs is 11. The summed E-state index contributed by atoms with van der Waals surface area (Å²) < 4.78 is 6.61. The second kappa shape index (κ2) is 10.4. The number of hydrogen-bond donors (Lipinski definition) is 0. The van der Waals surface area contributed by atoms with E-state index in [1.807, 2.05) is 12.1 Å². The summed E-state index contributed by atoms with van der Waals surface area (Å²) in [6, 6.07) is 49.5. The van der Waals surface area contributed by atoms with Crippen LogP contribution in [-0.2, 0) is 5.41 Å². The van der Waals surface area contributed by atoms with E-state index in [1.165, 1.54) is 44.3 Å². The van der Waals surface area contributed by atoms with E-state index in [4.69, 9.17) is 14.4 Å². The molecule has 0 saturated carbocycles. The topological polar surface area (TPSA) is 42.2 Å². The highest BCUT2D eigenvalue weighted by atomic mass is 16.3. The van der Waals surface area contributed by atoms with Crippen molar-refractivity contribution in [3.05, 3.63) is 174 Å². The molecule has 11 rings (SSSR count). The Labute approximate surface area is 296 Å². The van der Waals surface area contributed by atoms with Crippen molar-refractivity contribution in [3.8, 4) is 22.6 Å². The molecule has 3 aliphatic rings. The van der Waals surface area contributed by atoms with E-state index in [9.17, 15) is 0 Å². The van der Waals surface area contributed by atoms with E-state index >= 15 is 0 Å². The zero-order valence-electron chi connectivity index (χ0n) is 28.3. The van der Waals surface area contributed by atoms with Crippen molar-refractivity contribution in [1.82, 2.24) is 9.97 Å². The van der Waals surface area contributed by atoms with E-state index < -0.39 is 0 Å². The maximum atomic E-state index is 6.61. The molecule has 3 heterocycles.